The quantitative estimate of drug-likeness (QED) is 0.865. The van der Waals surface area contributed by atoms with Crippen LogP contribution < -0.4 is 4.90 Å². The van der Waals surface area contributed by atoms with Crippen LogP contribution in [-0.2, 0) is 4.74 Å². The lowest BCUT2D eigenvalue weighted by atomic mass is 10.2. The van der Waals surface area contributed by atoms with Crippen LogP contribution in [0.1, 0.15) is 17.1 Å². The average Bonchev–Trinajstić information content (AvgIpc) is 2.98. The van der Waals surface area contributed by atoms with Crippen molar-refractivity contribution in [1.82, 2.24) is 4.98 Å². The Kier molecular flexibility index (Phi) is 3.99. The molecule has 0 radical (unpaired) electrons. The zero-order valence-electron chi connectivity index (χ0n) is 11.5. The number of morpholine rings is 1. The minimum atomic E-state index is 0.324. The van der Waals surface area contributed by atoms with Gasteiger partial charge >= 0.3 is 0 Å². The molecule has 0 amide bonds. The highest BCUT2D eigenvalue weighted by Crippen LogP contribution is 2.23. The van der Waals surface area contributed by atoms with Crippen molar-refractivity contribution in [3.05, 3.63) is 47.5 Å². The Morgan fingerprint density at radius 2 is 1.90 bits per heavy atom. The monoisotopic (exact) mass is 281 g/mol. The first kappa shape index (κ1) is 13.4. The number of hydrogen-bond acceptors (Lipinski definition) is 5. The Labute approximate surface area is 123 Å². The van der Waals surface area contributed by atoms with Crippen molar-refractivity contribution in [3.8, 4) is 6.07 Å². The van der Waals surface area contributed by atoms with E-state index < -0.39 is 0 Å². The second-order valence-electron chi connectivity index (χ2n) is 4.66. The van der Waals surface area contributed by atoms with Gasteiger partial charge in [0.05, 0.1) is 13.2 Å². The number of anilines is 1. The van der Waals surface area contributed by atoms with Gasteiger partial charge in [0.2, 0.25) is 17.5 Å². The van der Waals surface area contributed by atoms with Gasteiger partial charge in [-0.2, -0.15) is 10.2 Å². The minimum absolute atomic E-state index is 0.324. The largest absolute Gasteiger partial charge is 0.420 e. The van der Waals surface area contributed by atoms with Gasteiger partial charge in [-0.05, 0) is 11.6 Å². The normalized spacial score (nSPS) is 15.3. The van der Waals surface area contributed by atoms with E-state index in [1.54, 1.807) is 6.08 Å². The van der Waals surface area contributed by atoms with Gasteiger partial charge in [0, 0.05) is 19.2 Å². The summed E-state index contributed by atoms with van der Waals surface area (Å²) in [6.07, 6.45) is 3.69. The van der Waals surface area contributed by atoms with E-state index in [9.17, 15) is 5.26 Å². The summed E-state index contributed by atoms with van der Waals surface area (Å²) in [7, 11) is 0. The molecular formula is C16H15N3O2. The van der Waals surface area contributed by atoms with Gasteiger partial charge in [-0.1, -0.05) is 30.3 Å². The summed E-state index contributed by atoms with van der Waals surface area (Å²) < 4.78 is 11.0. The maximum atomic E-state index is 9.19. The van der Waals surface area contributed by atoms with Gasteiger partial charge in [-0.3, -0.25) is 0 Å². The molecule has 0 saturated carbocycles. The Morgan fingerprint density at radius 1 is 1.14 bits per heavy atom. The molecule has 1 saturated heterocycles. The van der Waals surface area contributed by atoms with E-state index in [1.807, 2.05) is 41.3 Å². The number of ether oxygens (including phenoxy) is 1. The summed E-state index contributed by atoms with van der Waals surface area (Å²) in [4.78, 5) is 6.22. The molecule has 2 heterocycles. The molecule has 0 bridgehead atoms. The lowest BCUT2D eigenvalue weighted by molar-refractivity contribution is 0.120. The summed E-state index contributed by atoms with van der Waals surface area (Å²) in [5, 5.41) is 9.19. The average molecular weight is 281 g/mol. The predicted molar refractivity (Wildman–Crippen MR) is 79.6 cm³/mol. The number of nitriles is 1. The number of rotatable bonds is 3. The second-order valence-corrected chi connectivity index (χ2v) is 4.66. The molecule has 2 aromatic rings. The summed E-state index contributed by atoms with van der Waals surface area (Å²) in [5.74, 6) is 0.977. The molecule has 1 aliphatic rings. The van der Waals surface area contributed by atoms with Crippen LogP contribution in [0.15, 0.2) is 34.7 Å². The van der Waals surface area contributed by atoms with E-state index in [0.717, 1.165) is 5.56 Å². The molecule has 3 rings (SSSR count). The van der Waals surface area contributed by atoms with Crippen LogP contribution >= 0.6 is 0 Å². The highest BCUT2D eigenvalue weighted by atomic mass is 16.5. The number of hydrogen-bond donors (Lipinski definition) is 0. The molecule has 21 heavy (non-hydrogen) atoms. The molecule has 5 nitrogen and oxygen atoms in total. The van der Waals surface area contributed by atoms with E-state index in [1.165, 1.54) is 0 Å². The Bertz CT molecular complexity index is 665. The van der Waals surface area contributed by atoms with Crippen LogP contribution in [-0.4, -0.2) is 31.3 Å². The molecule has 0 unspecified atom stereocenters. The second kappa shape index (κ2) is 6.25. The fourth-order valence-electron chi connectivity index (χ4n) is 2.18. The maximum absolute atomic E-state index is 9.19. The molecule has 1 aliphatic heterocycles. The third kappa shape index (κ3) is 3.12. The first-order chi connectivity index (χ1) is 10.4. The Hall–Kier alpha value is -2.58. The van der Waals surface area contributed by atoms with Crippen LogP contribution in [0, 0.1) is 11.3 Å². The smallest absolute Gasteiger partial charge is 0.235 e. The van der Waals surface area contributed by atoms with E-state index in [4.69, 9.17) is 9.15 Å². The Morgan fingerprint density at radius 3 is 2.62 bits per heavy atom. The highest BCUT2D eigenvalue weighted by molar-refractivity contribution is 5.67. The molecule has 1 fully saturated rings. The zero-order chi connectivity index (χ0) is 14.5. The molecule has 0 spiro atoms. The van der Waals surface area contributed by atoms with E-state index in [0.29, 0.717) is 43.8 Å². The molecule has 0 N–H and O–H groups in total. The third-order valence-electron chi connectivity index (χ3n) is 3.25. The van der Waals surface area contributed by atoms with Gasteiger partial charge in [0.25, 0.3) is 0 Å². The lowest BCUT2D eigenvalue weighted by Gasteiger charge is -2.25. The van der Waals surface area contributed by atoms with Gasteiger partial charge < -0.3 is 14.1 Å². The van der Waals surface area contributed by atoms with Crippen molar-refractivity contribution >= 4 is 18.0 Å². The number of aromatic nitrogens is 1. The summed E-state index contributed by atoms with van der Waals surface area (Å²) in [6, 6.07) is 12.0. The van der Waals surface area contributed by atoms with Crippen molar-refractivity contribution < 1.29 is 9.15 Å². The third-order valence-corrected chi connectivity index (χ3v) is 3.25. The molecule has 0 atom stereocenters. The van der Waals surface area contributed by atoms with E-state index >= 15 is 0 Å². The molecule has 0 aliphatic carbocycles. The molecule has 1 aromatic heterocycles. The summed E-state index contributed by atoms with van der Waals surface area (Å²) in [6.45, 7) is 2.71. The summed E-state index contributed by atoms with van der Waals surface area (Å²) in [5.41, 5.74) is 1.38. The van der Waals surface area contributed by atoms with Crippen molar-refractivity contribution in [2.75, 3.05) is 31.2 Å². The van der Waals surface area contributed by atoms with Gasteiger partial charge in [-0.15, -0.1) is 0 Å². The van der Waals surface area contributed by atoms with E-state index in [2.05, 4.69) is 11.1 Å². The fourth-order valence-corrected chi connectivity index (χ4v) is 2.18. The lowest BCUT2D eigenvalue weighted by Crippen LogP contribution is -2.36. The molecule has 5 heteroatoms. The van der Waals surface area contributed by atoms with Gasteiger partial charge in [0.1, 0.15) is 6.07 Å². The minimum Gasteiger partial charge on any atom is -0.420 e. The van der Waals surface area contributed by atoms with E-state index in [-0.39, 0.29) is 0 Å². The molecule has 106 valence electrons. The van der Waals surface area contributed by atoms with Crippen LogP contribution in [0.3, 0.4) is 0 Å². The van der Waals surface area contributed by atoms with Crippen molar-refractivity contribution in [1.29, 1.82) is 5.26 Å². The summed E-state index contributed by atoms with van der Waals surface area (Å²) >= 11 is 0. The topological polar surface area (TPSA) is 62.3 Å². The van der Waals surface area contributed by atoms with Crippen LogP contribution in [0.4, 0.5) is 5.88 Å². The van der Waals surface area contributed by atoms with Gasteiger partial charge in [0.15, 0.2) is 0 Å². The number of benzene rings is 1. The zero-order valence-corrected chi connectivity index (χ0v) is 11.5. The Balaban J connectivity index is 1.82. The first-order valence-electron chi connectivity index (χ1n) is 6.83. The number of nitrogens with zero attached hydrogens (tertiary/aromatic N) is 3. The number of oxazole rings is 1. The van der Waals surface area contributed by atoms with Crippen LogP contribution in [0.5, 0.6) is 0 Å². The molecule has 1 aromatic carbocycles. The van der Waals surface area contributed by atoms with Crippen molar-refractivity contribution in [2.24, 2.45) is 0 Å². The SMILES string of the molecule is N#Cc1nc(/C=C/c2ccccc2)oc1N1CCOCC1. The first-order valence-corrected chi connectivity index (χ1v) is 6.83. The van der Waals surface area contributed by atoms with Crippen molar-refractivity contribution in [3.63, 3.8) is 0 Å². The standard InChI is InChI=1S/C16H15N3O2/c17-12-14-16(19-8-10-20-11-9-19)21-15(18-14)7-6-13-4-2-1-3-5-13/h1-7H,8-11H2/b7-6+. The van der Waals surface area contributed by atoms with Crippen LogP contribution in [0.2, 0.25) is 0 Å². The molecular weight excluding hydrogens is 266 g/mol. The highest BCUT2D eigenvalue weighted by Gasteiger charge is 2.20. The maximum Gasteiger partial charge on any atom is 0.235 e. The van der Waals surface area contributed by atoms with Crippen LogP contribution in [0.25, 0.3) is 12.2 Å². The van der Waals surface area contributed by atoms with Gasteiger partial charge in [-0.25, -0.2) is 0 Å². The predicted octanol–water partition coefficient (Wildman–Crippen LogP) is 2.55. The van der Waals surface area contributed by atoms with Crippen molar-refractivity contribution in [2.45, 2.75) is 0 Å². The fraction of sp³-hybridized carbons (Fsp3) is 0.250.